The van der Waals surface area contributed by atoms with Crippen LogP contribution in [0.5, 0.6) is 0 Å². The number of thiophene rings is 1. The maximum absolute atomic E-state index is 4.84. The SMILES string of the molecule is CC(C)NCc1cccc(N2CCc3sccc3C2C)n1. The molecule has 1 aliphatic rings. The van der Waals surface area contributed by atoms with Crippen molar-refractivity contribution in [1.29, 1.82) is 0 Å². The van der Waals surface area contributed by atoms with E-state index in [0.717, 1.165) is 31.0 Å². The number of hydrogen-bond acceptors (Lipinski definition) is 4. The van der Waals surface area contributed by atoms with Crippen LogP contribution in [0, 0.1) is 0 Å². The first-order chi connectivity index (χ1) is 10.1. The molecule has 2 aromatic rings. The van der Waals surface area contributed by atoms with Gasteiger partial charge in [-0.05, 0) is 42.5 Å². The van der Waals surface area contributed by atoms with Crippen molar-refractivity contribution in [3.05, 3.63) is 45.8 Å². The molecule has 3 rings (SSSR count). The van der Waals surface area contributed by atoms with E-state index in [1.54, 1.807) is 0 Å². The predicted molar refractivity (Wildman–Crippen MR) is 90.0 cm³/mol. The molecule has 0 fully saturated rings. The lowest BCUT2D eigenvalue weighted by Crippen LogP contribution is -2.34. The molecule has 0 amide bonds. The van der Waals surface area contributed by atoms with E-state index < -0.39 is 0 Å². The van der Waals surface area contributed by atoms with Gasteiger partial charge in [0.2, 0.25) is 0 Å². The van der Waals surface area contributed by atoms with Crippen molar-refractivity contribution in [2.45, 2.75) is 45.8 Å². The Hall–Kier alpha value is -1.39. The molecule has 0 bridgehead atoms. The fourth-order valence-electron chi connectivity index (χ4n) is 2.86. The fraction of sp³-hybridized carbons (Fsp3) is 0.471. The lowest BCUT2D eigenvalue weighted by Gasteiger charge is -2.34. The Kier molecular flexibility index (Phi) is 4.27. The third kappa shape index (κ3) is 3.11. The lowest BCUT2D eigenvalue weighted by atomic mass is 10.0. The molecule has 3 nitrogen and oxygen atoms in total. The first kappa shape index (κ1) is 14.5. The zero-order valence-corrected chi connectivity index (χ0v) is 13.8. The molecule has 0 aromatic carbocycles. The third-order valence-corrected chi connectivity index (χ3v) is 5.05. The summed E-state index contributed by atoms with van der Waals surface area (Å²) < 4.78 is 0. The molecule has 0 radical (unpaired) electrons. The zero-order chi connectivity index (χ0) is 14.8. The van der Waals surface area contributed by atoms with E-state index in [-0.39, 0.29) is 0 Å². The van der Waals surface area contributed by atoms with E-state index in [1.165, 1.54) is 10.4 Å². The van der Waals surface area contributed by atoms with Gasteiger partial charge >= 0.3 is 0 Å². The molecule has 1 atom stereocenters. The van der Waals surface area contributed by atoms with E-state index in [1.807, 2.05) is 11.3 Å². The Morgan fingerprint density at radius 3 is 3.05 bits per heavy atom. The van der Waals surface area contributed by atoms with Crippen molar-refractivity contribution in [3.63, 3.8) is 0 Å². The molecule has 21 heavy (non-hydrogen) atoms. The van der Waals surface area contributed by atoms with Crippen molar-refractivity contribution < 1.29 is 0 Å². The number of aromatic nitrogens is 1. The van der Waals surface area contributed by atoms with Crippen LogP contribution in [0.3, 0.4) is 0 Å². The first-order valence-electron chi connectivity index (χ1n) is 7.67. The standard InChI is InChI=1S/C17H23N3S/c1-12(2)18-11-14-5-4-6-17(19-14)20-9-7-16-15(13(20)3)8-10-21-16/h4-6,8,10,12-13,18H,7,9,11H2,1-3H3. The molecule has 3 heterocycles. The summed E-state index contributed by atoms with van der Waals surface area (Å²) >= 11 is 1.88. The van der Waals surface area contributed by atoms with Gasteiger partial charge in [0, 0.05) is 24.0 Å². The maximum atomic E-state index is 4.84. The molecule has 4 heteroatoms. The van der Waals surface area contributed by atoms with Crippen LogP contribution in [-0.2, 0) is 13.0 Å². The van der Waals surface area contributed by atoms with Gasteiger partial charge in [-0.3, -0.25) is 0 Å². The minimum absolute atomic E-state index is 0.417. The van der Waals surface area contributed by atoms with Gasteiger partial charge in [-0.1, -0.05) is 19.9 Å². The summed E-state index contributed by atoms with van der Waals surface area (Å²) in [5, 5.41) is 5.64. The van der Waals surface area contributed by atoms with Crippen molar-refractivity contribution in [3.8, 4) is 0 Å². The predicted octanol–water partition coefficient (Wildman–Crippen LogP) is 3.76. The summed E-state index contributed by atoms with van der Waals surface area (Å²) in [4.78, 5) is 8.81. The molecule has 0 aliphatic carbocycles. The van der Waals surface area contributed by atoms with Gasteiger partial charge in [0.15, 0.2) is 0 Å². The number of nitrogens with one attached hydrogen (secondary N) is 1. The molecular weight excluding hydrogens is 278 g/mol. The highest BCUT2D eigenvalue weighted by Crippen LogP contribution is 2.35. The van der Waals surface area contributed by atoms with Crippen molar-refractivity contribution in [2.24, 2.45) is 0 Å². The molecule has 2 aromatic heterocycles. The Morgan fingerprint density at radius 1 is 1.38 bits per heavy atom. The van der Waals surface area contributed by atoms with Crippen LogP contribution in [0.2, 0.25) is 0 Å². The number of fused-ring (bicyclic) bond motifs is 1. The van der Waals surface area contributed by atoms with Gasteiger partial charge in [-0.2, -0.15) is 0 Å². The van der Waals surface area contributed by atoms with Gasteiger partial charge in [0.1, 0.15) is 5.82 Å². The third-order valence-electron chi connectivity index (χ3n) is 4.06. The van der Waals surface area contributed by atoms with E-state index in [2.05, 4.69) is 60.6 Å². The summed E-state index contributed by atoms with van der Waals surface area (Å²) in [7, 11) is 0. The van der Waals surface area contributed by atoms with Crippen molar-refractivity contribution in [2.75, 3.05) is 11.4 Å². The number of anilines is 1. The van der Waals surface area contributed by atoms with E-state index in [0.29, 0.717) is 12.1 Å². The molecule has 1 unspecified atom stereocenters. The van der Waals surface area contributed by atoms with Crippen molar-refractivity contribution in [1.82, 2.24) is 10.3 Å². The first-order valence-corrected chi connectivity index (χ1v) is 8.55. The van der Waals surface area contributed by atoms with E-state index in [9.17, 15) is 0 Å². The monoisotopic (exact) mass is 301 g/mol. The van der Waals surface area contributed by atoms with Gasteiger partial charge in [-0.25, -0.2) is 4.98 Å². The fourth-order valence-corrected chi connectivity index (χ4v) is 3.82. The molecule has 112 valence electrons. The Morgan fingerprint density at radius 2 is 2.24 bits per heavy atom. The van der Waals surface area contributed by atoms with Crippen LogP contribution >= 0.6 is 11.3 Å². The summed E-state index contributed by atoms with van der Waals surface area (Å²) in [5.41, 5.74) is 2.59. The molecule has 0 spiro atoms. The van der Waals surface area contributed by atoms with Gasteiger partial charge in [0.25, 0.3) is 0 Å². The largest absolute Gasteiger partial charge is 0.349 e. The molecular formula is C17H23N3S. The quantitative estimate of drug-likeness (QED) is 0.932. The number of nitrogens with zero attached hydrogens (tertiary/aromatic N) is 2. The molecule has 1 N–H and O–H groups in total. The average molecular weight is 301 g/mol. The van der Waals surface area contributed by atoms with Gasteiger partial charge < -0.3 is 10.2 Å². The number of hydrogen-bond donors (Lipinski definition) is 1. The normalized spacial score (nSPS) is 18.1. The smallest absolute Gasteiger partial charge is 0.129 e. The minimum atomic E-state index is 0.417. The number of pyridine rings is 1. The second-order valence-corrected chi connectivity index (χ2v) is 6.94. The maximum Gasteiger partial charge on any atom is 0.129 e. The summed E-state index contributed by atoms with van der Waals surface area (Å²) in [6, 6.07) is 9.52. The number of rotatable bonds is 4. The summed E-state index contributed by atoms with van der Waals surface area (Å²) in [5.74, 6) is 1.10. The van der Waals surface area contributed by atoms with Crippen LogP contribution in [-0.4, -0.2) is 17.6 Å². The second-order valence-electron chi connectivity index (χ2n) is 5.94. The van der Waals surface area contributed by atoms with Crippen LogP contribution in [0.25, 0.3) is 0 Å². The Balaban J connectivity index is 1.79. The highest BCUT2D eigenvalue weighted by molar-refractivity contribution is 7.10. The van der Waals surface area contributed by atoms with Crippen LogP contribution in [0.4, 0.5) is 5.82 Å². The van der Waals surface area contributed by atoms with E-state index >= 15 is 0 Å². The molecule has 0 saturated heterocycles. The molecule has 0 saturated carbocycles. The van der Waals surface area contributed by atoms with Gasteiger partial charge in [0.05, 0.1) is 11.7 Å². The van der Waals surface area contributed by atoms with Crippen LogP contribution in [0.1, 0.15) is 42.9 Å². The Bertz CT molecular complexity index is 606. The lowest BCUT2D eigenvalue weighted by molar-refractivity contribution is 0.578. The zero-order valence-electron chi connectivity index (χ0n) is 13.0. The van der Waals surface area contributed by atoms with E-state index in [4.69, 9.17) is 4.98 Å². The topological polar surface area (TPSA) is 28.2 Å². The summed E-state index contributed by atoms with van der Waals surface area (Å²) in [6.07, 6.45) is 1.13. The van der Waals surface area contributed by atoms with Crippen molar-refractivity contribution >= 4 is 17.2 Å². The van der Waals surface area contributed by atoms with Gasteiger partial charge in [-0.15, -0.1) is 11.3 Å². The average Bonchev–Trinajstić information content (AvgIpc) is 2.95. The minimum Gasteiger partial charge on any atom is -0.349 e. The van der Waals surface area contributed by atoms with Crippen LogP contribution in [0.15, 0.2) is 29.6 Å². The van der Waals surface area contributed by atoms with Crippen LogP contribution < -0.4 is 10.2 Å². The summed E-state index contributed by atoms with van der Waals surface area (Å²) in [6.45, 7) is 8.49. The second kappa shape index (κ2) is 6.16. The Labute approximate surface area is 131 Å². The highest BCUT2D eigenvalue weighted by atomic mass is 32.1. The molecule has 1 aliphatic heterocycles. The highest BCUT2D eigenvalue weighted by Gasteiger charge is 2.25.